The highest BCUT2D eigenvalue weighted by Gasteiger charge is 2.67. The number of aliphatic imine (C=N–C) groups is 1. The van der Waals surface area contributed by atoms with Gasteiger partial charge in [-0.2, -0.15) is 19.4 Å². The number of aromatic nitrogens is 1. The number of aryl methyl sites for hydroxylation is 1. The van der Waals surface area contributed by atoms with Gasteiger partial charge in [0.15, 0.2) is 0 Å². The van der Waals surface area contributed by atoms with Gasteiger partial charge in [0.25, 0.3) is 5.91 Å². The van der Waals surface area contributed by atoms with Crippen LogP contribution >= 0.6 is 10.6 Å². The number of ether oxygens (including phenoxy) is 1. The lowest BCUT2D eigenvalue weighted by Gasteiger charge is -2.68. The summed E-state index contributed by atoms with van der Waals surface area (Å²) >= 11 is 0. The van der Waals surface area contributed by atoms with Crippen LogP contribution in [0, 0.1) is 12.7 Å². The zero-order chi connectivity index (χ0) is 26.7. The molecule has 0 aliphatic carbocycles. The van der Waals surface area contributed by atoms with Crippen molar-refractivity contribution in [3.63, 3.8) is 0 Å². The van der Waals surface area contributed by atoms with E-state index in [1.54, 1.807) is 20.8 Å². The van der Waals surface area contributed by atoms with Crippen LogP contribution < -0.4 is 15.8 Å². The van der Waals surface area contributed by atoms with Crippen LogP contribution in [0.1, 0.15) is 61.6 Å². The Morgan fingerprint density at radius 3 is 2.56 bits per heavy atom. The first-order valence-corrected chi connectivity index (χ1v) is 12.9. The molecular formula is C24H29F3N4O4S. The van der Waals surface area contributed by atoms with E-state index in [1.807, 2.05) is 0 Å². The number of amidine groups is 1. The summed E-state index contributed by atoms with van der Waals surface area (Å²) in [5, 5.41) is 2.64. The molecule has 1 fully saturated rings. The summed E-state index contributed by atoms with van der Waals surface area (Å²) in [6.45, 7) is 3.48. The van der Waals surface area contributed by atoms with Crippen molar-refractivity contribution >= 4 is 28.0 Å². The molecule has 0 spiro atoms. The third kappa shape index (κ3) is 3.73. The van der Waals surface area contributed by atoms with Crippen molar-refractivity contribution in [1.29, 1.82) is 0 Å². The van der Waals surface area contributed by atoms with Crippen LogP contribution in [0.3, 0.4) is 0 Å². The van der Waals surface area contributed by atoms with E-state index in [0.717, 1.165) is 12.3 Å². The number of hydrogen-bond acceptors (Lipinski definition) is 7. The fourth-order valence-electron chi connectivity index (χ4n) is 5.28. The second kappa shape index (κ2) is 8.63. The Labute approximate surface area is 208 Å². The highest BCUT2D eigenvalue weighted by molar-refractivity contribution is 8.27. The predicted molar refractivity (Wildman–Crippen MR) is 132 cm³/mol. The van der Waals surface area contributed by atoms with Crippen molar-refractivity contribution in [1.82, 2.24) is 4.98 Å². The number of amides is 1. The number of pyridine rings is 1. The van der Waals surface area contributed by atoms with Crippen molar-refractivity contribution < 1.29 is 31.8 Å². The molecule has 2 aliphatic heterocycles. The summed E-state index contributed by atoms with van der Waals surface area (Å²) in [4.78, 5) is 21.4. The second-order valence-corrected chi connectivity index (χ2v) is 12.7. The molecule has 2 aliphatic rings. The van der Waals surface area contributed by atoms with Crippen molar-refractivity contribution in [3.05, 3.63) is 53.1 Å². The van der Waals surface area contributed by atoms with Crippen LogP contribution in [0.25, 0.3) is 0 Å². The van der Waals surface area contributed by atoms with E-state index in [-0.39, 0.29) is 28.5 Å². The number of nitrogens with two attached hydrogens (primary N) is 1. The number of anilines is 1. The molecule has 2 aromatic rings. The van der Waals surface area contributed by atoms with Crippen molar-refractivity contribution in [2.75, 3.05) is 5.32 Å². The largest absolute Gasteiger partial charge is 0.433 e. The number of rotatable bonds is 5. The molecule has 12 heteroatoms. The Kier molecular flexibility index (Phi) is 6.29. The molecule has 0 saturated carbocycles. The number of carbonyl (C=O) groups is 1. The molecule has 1 saturated heterocycles. The summed E-state index contributed by atoms with van der Waals surface area (Å²) in [5.41, 5.74) is 5.37. The summed E-state index contributed by atoms with van der Waals surface area (Å²) in [5.74, 6) is -1.41. The number of halogens is 3. The van der Waals surface area contributed by atoms with E-state index in [9.17, 15) is 22.7 Å². The molecule has 8 nitrogen and oxygen atoms in total. The molecule has 4 rings (SSSR count). The van der Waals surface area contributed by atoms with Gasteiger partial charge in [-0.3, -0.25) is 18.9 Å². The second-order valence-electron chi connectivity index (χ2n) is 9.80. The Morgan fingerprint density at radius 2 is 1.92 bits per heavy atom. The number of carbonyl (C=O) groups excluding carboxylic acids is 1. The van der Waals surface area contributed by atoms with Crippen LogP contribution in [0.2, 0.25) is 0 Å². The van der Waals surface area contributed by atoms with E-state index < -0.39 is 44.0 Å². The monoisotopic (exact) mass is 526 g/mol. The molecule has 0 radical (unpaired) electrons. The summed E-state index contributed by atoms with van der Waals surface area (Å²) in [7, 11) is -3.37. The minimum absolute atomic E-state index is 0.0298. The first kappa shape index (κ1) is 26.2. The number of nitrogens with zero attached hydrogens (tertiary/aromatic N) is 2. The molecule has 2 bridgehead atoms. The number of nitrogens with one attached hydrogen (secondary N) is 1. The van der Waals surface area contributed by atoms with Crippen LogP contribution in [-0.4, -0.2) is 41.9 Å². The first-order valence-electron chi connectivity index (χ1n) is 11.3. The van der Waals surface area contributed by atoms with Crippen LogP contribution in [0.5, 0.6) is 5.75 Å². The van der Waals surface area contributed by atoms with Gasteiger partial charge in [-0.25, -0.2) is 9.37 Å². The number of hydrogen-bond donors (Lipinski definition) is 4. The highest BCUT2D eigenvalue weighted by atomic mass is 32.3. The zero-order valence-electron chi connectivity index (χ0n) is 20.3. The third-order valence-electron chi connectivity index (χ3n) is 7.72. The zero-order valence-corrected chi connectivity index (χ0v) is 21.1. The van der Waals surface area contributed by atoms with Crippen molar-refractivity contribution in [2.45, 2.75) is 68.6 Å². The fourth-order valence-corrected chi connectivity index (χ4v) is 8.18. The molecule has 3 heterocycles. The lowest BCUT2D eigenvalue weighted by molar-refractivity contribution is -0.0501. The molecule has 1 aromatic carbocycles. The number of alkyl halides is 2. The smallest absolute Gasteiger partial charge is 0.387 e. The van der Waals surface area contributed by atoms with Gasteiger partial charge in [0.2, 0.25) is 0 Å². The Hall–Kier alpha value is -2.83. The van der Waals surface area contributed by atoms with Crippen LogP contribution in [0.4, 0.5) is 18.9 Å². The Bertz CT molecular complexity index is 1260. The maximum Gasteiger partial charge on any atom is 0.387 e. The van der Waals surface area contributed by atoms with E-state index in [4.69, 9.17) is 5.73 Å². The van der Waals surface area contributed by atoms with Gasteiger partial charge in [-0.1, -0.05) is 0 Å². The predicted octanol–water partition coefficient (Wildman–Crippen LogP) is 5.42. The maximum absolute atomic E-state index is 15.3. The molecule has 0 unspecified atom stereocenters. The van der Waals surface area contributed by atoms with Gasteiger partial charge in [0, 0.05) is 11.3 Å². The molecule has 1 amide bonds. The Balaban J connectivity index is 1.72. The van der Waals surface area contributed by atoms with Gasteiger partial charge >= 0.3 is 6.61 Å². The minimum atomic E-state index is -3.37. The van der Waals surface area contributed by atoms with Crippen molar-refractivity contribution in [3.8, 4) is 5.75 Å². The number of fused-ring (bicyclic) bond motifs is 2. The van der Waals surface area contributed by atoms with Crippen molar-refractivity contribution in [2.24, 2.45) is 10.7 Å². The lowest BCUT2D eigenvalue weighted by Crippen LogP contribution is -2.66. The SMILES string of the molecule is Cc1cc(OC(F)F)cnc1C(=O)Nc1ccc(F)c([C@@]2(C)N=C(N)[C@@]3(C)CCC[C@]2(C)S3(O)O)c1. The lowest BCUT2D eigenvalue weighted by atomic mass is 9.74. The molecule has 3 atom stereocenters. The maximum atomic E-state index is 15.3. The molecule has 196 valence electrons. The van der Waals surface area contributed by atoms with Gasteiger partial charge in [0.1, 0.15) is 33.4 Å². The summed E-state index contributed by atoms with van der Waals surface area (Å²) in [6, 6.07) is 5.17. The van der Waals surface area contributed by atoms with E-state index >= 15 is 4.39 Å². The highest BCUT2D eigenvalue weighted by Crippen LogP contribution is 2.75. The molecular weight excluding hydrogens is 497 g/mol. The Morgan fingerprint density at radius 1 is 1.22 bits per heavy atom. The first-order chi connectivity index (χ1) is 16.7. The van der Waals surface area contributed by atoms with E-state index in [0.29, 0.717) is 24.8 Å². The number of benzene rings is 1. The van der Waals surface area contributed by atoms with Crippen LogP contribution in [-0.2, 0) is 5.54 Å². The summed E-state index contributed by atoms with van der Waals surface area (Å²) in [6.07, 6.45) is 2.52. The average Bonchev–Trinajstić information content (AvgIpc) is 2.77. The average molecular weight is 527 g/mol. The van der Waals surface area contributed by atoms with Crippen LogP contribution in [0.15, 0.2) is 35.5 Å². The normalized spacial score (nSPS) is 29.9. The van der Waals surface area contributed by atoms with E-state index in [1.165, 1.54) is 25.1 Å². The van der Waals surface area contributed by atoms with E-state index in [2.05, 4.69) is 20.0 Å². The van der Waals surface area contributed by atoms with Gasteiger partial charge in [0.05, 0.1) is 10.9 Å². The quantitative estimate of drug-likeness (QED) is 0.412. The topological polar surface area (TPSA) is 130 Å². The fraction of sp³-hybridized carbons (Fsp3) is 0.458. The minimum Gasteiger partial charge on any atom is -0.433 e. The standard InChI is InChI=1S/C24H29F3N4O4S/c1-13-10-15(35-21(26)27)12-29-18(13)19(32)30-14-6-7-17(25)16(11-14)24(4)23(3)9-5-8-22(2,20(28)31-24)36(23,33)34/h6-7,10-12,21,33-34H,5,8-9H2,1-4H3,(H2,28,31)(H,30,32)/t22-,23+,24-/m1/s1. The molecule has 36 heavy (non-hydrogen) atoms. The third-order valence-corrected chi connectivity index (χ3v) is 11.2. The van der Waals surface area contributed by atoms with Gasteiger partial charge in [-0.05, 0) is 76.8 Å². The molecule has 1 aromatic heterocycles. The van der Waals surface area contributed by atoms with Gasteiger partial charge < -0.3 is 15.8 Å². The van der Waals surface area contributed by atoms with Gasteiger partial charge in [-0.15, -0.1) is 0 Å². The summed E-state index contributed by atoms with van der Waals surface area (Å²) < 4.78 is 65.0. The molecule has 5 N–H and O–H groups in total.